The van der Waals surface area contributed by atoms with Crippen LogP contribution in [0.4, 0.5) is 0 Å². The van der Waals surface area contributed by atoms with E-state index in [1.54, 1.807) is 36.0 Å². The Morgan fingerprint density at radius 1 is 1.38 bits per heavy atom. The maximum absolute atomic E-state index is 12.6. The highest BCUT2D eigenvalue weighted by molar-refractivity contribution is 6.31. The van der Waals surface area contributed by atoms with E-state index < -0.39 is 11.9 Å². The van der Waals surface area contributed by atoms with Gasteiger partial charge in [-0.15, -0.1) is 5.10 Å². The molecule has 3 rings (SSSR count). The Kier molecular flexibility index (Phi) is 4.53. The lowest BCUT2D eigenvalue weighted by molar-refractivity contribution is -0.141. The molecule has 0 bridgehead atoms. The standard InChI is InChI=1S/C16H17ClN4O3/c1-9-11(3-2-4-12(9)17)15(22)19-13-7-10(16(23)24)8-14(13)21-6-5-18-20-21/h2-6,10,13-14H,7-8H2,1H3,(H,19,22)(H,23,24)/t10?,13-,14+/m1/s1. The van der Waals surface area contributed by atoms with E-state index in [1.165, 1.54) is 6.20 Å². The second kappa shape index (κ2) is 6.60. The molecule has 0 radical (unpaired) electrons. The van der Waals surface area contributed by atoms with Crippen LogP contribution in [-0.4, -0.2) is 38.0 Å². The first-order valence-electron chi connectivity index (χ1n) is 7.62. The minimum absolute atomic E-state index is 0.239. The van der Waals surface area contributed by atoms with Gasteiger partial charge in [0.05, 0.1) is 24.2 Å². The largest absolute Gasteiger partial charge is 0.481 e. The van der Waals surface area contributed by atoms with Gasteiger partial charge in [-0.2, -0.15) is 0 Å². The highest BCUT2D eigenvalue weighted by Crippen LogP contribution is 2.35. The van der Waals surface area contributed by atoms with Gasteiger partial charge in [-0.3, -0.25) is 9.59 Å². The zero-order chi connectivity index (χ0) is 17.3. The lowest BCUT2D eigenvalue weighted by atomic mass is 10.1. The SMILES string of the molecule is Cc1c(Cl)cccc1C(=O)N[C@@H]1CC(C(=O)O)C[C@@H]1n1ccnn1. The van der Waals surface area contributed by atoms with Crippen molar-refractivity contribution in [2.45, 2.75) is 31.8 Å². The van der Waals surface area contributed by atoms with Crippen molar-refractivity contribution in [1.29, 1.82) is 0 Å². The van der Waals surface area contributed by atoms with E-state index in [2.05, 4.69) is 15.6 Å². The monoisotopic (exact) mass is 348 g/mol. The van der Waals surface area contributed by atoms with Crippen LogP contribution in [0, 0.1) is 12.8 Å². The Hall–Kier alpha value is -2.41. The van der Waals surface area contributed by atoms with Crippen molar-refractivity contribution in [2.24, 2.45) is 5.92 Å². The van der Waals surface area contributed by atoms with Gasteiger partial charge in [0.15, 0.2) is 0 Å². The molecule has 1 heterocycles. The third kappa shape index (κ3) is 3.12. The van der Waals surface area contributed by atoms with Crippen LogP contribution in [0.1, 0.15) is 34.8 Å². The van der Waals surface area contributed by atoms with Crippen LogP contribution >= 0.6 is 11.6 Å². The number of nitrogens with zero attached hydrogens (tertiary/aromatic N) is 3. The summed E-state index contributed by atoms with van der Waals surface area (Å²) >= 11 is 6.07. The topological polar surface area (TPSA) is 97.1 Å². The first kappa shape index (κ1) is 16.4. The highest BCUT2D eigenvalue weighted by Gasteiger charge is 2.40. The predicted octanol–water partition coefficient (Wildman–Crippen LogP) is 2.07. The summed E-state index contributed by atoms with van der Waals surface area (Å²) in [4.78, 5) is 23.9. The molecule has 1 saturated carbocycles. The molecule has 7 nitrogen and oxygen atoms in total. The summed E-state index contributed by atoms with van der Waals surface area (Å²) in [6.07, 6.45) is 3.97. The van der Waals surface area contributed by atoms with Gasteiger partial charge >= 0.3 is 5.97 Å². The number of halogens is 1. The first-order valence-corrected chi connectivity index (χ1v) is 7.99. The van der Waals surface area contributed by atoms with E-state index in [-0.39, 0.29) is 18.0 Å². The number of amides is 1. The number of hydrogen-bond donors (Lipinski definition) is 2. The van der Waals surface area contributed by atoms with Crippen molar-refractivity contribution in [2.75, 3.05) is 0 Å². The van der Waals surface area contributed by atoms with Crippen molar-refractivity contribution in [1.82, 2.24) is 20.3 Å². The maximum atomic E-state index is 12.6. The van der Waals surface area contributed by atoms with E-state index in [1.807, 2.05) is 0 Å². The average molecular weight is 349 g/mol. The molecule has 1 aliphatic carbocycles. The van der Waals surface area contributed by atoms with Gasteiger partial charge in [0.2, 0.25) is 0 Å². The van der Waals surface area contributed by atoms with Gasteiger partial charge in [0.1, 0.15) is 0 Å². The van der Waals surface area contributed by atoms with Crippen LogP contribution in [0.25, 0.3) is 0 Å². The first-order chi connectivity index (χ1) is 11.5. The summed E-state index contributed by atoms with van der Waals surface area (Å²) in [6, 6.07) is 4.57. The fourth-order valence-electron chi connectivity index (χ4n) is 3.16. The molecule has 1 fully saturated rings. The zero-order valence-corrected chi connectivity index (χ0v) is 13.8. The lowest BCUT2D eigenvalue weighted by Crippen LogP contribution is -2.39. The molecule has 1 amide bonds. The summed E-state index contributed by atoms with van der Waals surface area (Å²) in [6.45, 7) is 1.78. The molecule has 1 unspecified atom stereocenters. The van der Waals surface area contributed by atoms with Crippen molar-refractivity contribution < 1.29 is 14.7 Å². The van der Waals surface area contributed by atoms with Gasteiger partial charge in [-0.25, -0.2) is 4.68 Å². The van der Waals surface area contributed by atoms with Gasteiger partial charge < -0.3 is 10.4 Å². The summed E-state index contributed by atoms with van der Waals surface area (Å²) in [5, 5.41) is 20.5. The smallest absolute Gasteiger partial charge is 0.306 e. The number of carboxylic acid groups (broad SMARTS) is 1. The normalized spacial score (nSPS) is 23.2. The van der Waals surface area contributed by atoms with Gasteiger partial charge in [0, 0.05) is 16.8 Å². The molecular weight excluding hydrogens is 332 g/mol. The van der Waals surface area contributed by atoms with Crippen LogP contribution in [0.5, 0.6) is 0 Å². The molecule has 24 heavy (non-hydrogen) atoms. The highest BCUT2D eigenvalue weighted by atomic mass is 35.5. The second-order valence-electron chi connectivity index (χ2n) is 5.95. The van der Waals surface area contributed by atoms with Crippen molar-refractivity contribution in [3.8, 4) is 0 Å². The third-order valence-electron chi connectivity index (χ3n) is 4.49. The number of hydrogen-bond acceptors (Lipinski definition) is 4. The van der Waals surface area contributed by atoms with Gasteiger partial charge in [-0.05, 0) is 37.5 Å². The van der Waals surface area contributed by atoms with Crippen LogP contribution in [-0.2, 0) is 4.79 Å². The number of carboxylic acids is 1. The number of benzene rings is 1. The average Bonchev–Trinajstić information content (AvgIpc) is 3.18. The Bertz CT molecular complexity index is 763. The number of aromatic nitrogens is 3. The number of carbonyl (C=O) groups excluding carboxylic acids is 1. The van der Waals surface area contributed by atoms with Gasteiger partial charge in [0.25, 0.3) is 5.91 Å². The molecule has 1 aliphatic rings. The molecular formula is C16H17ClN4O3. The Morgan fingerprint density at radius 2 is 2.17 bits per heavy atom. The second-order valence-corrected chi connectivity index (χ2v) is 6.36. The summed E-state index contributed by atoms with van der Waals surface area (Å²) in [5.41, 5.74) is 1.18. The Balaban J connectivity index is 1.82. The number of aliphatic carboxylic acids is 1. The molecule has 2 aromatic rings. The van der Waals surface area contributed by atoms with Crippen LogP contribution in [0.3, 0.4) is 0 Å². The summed E-state index contributed by atoms with van der Waals surface area (Å²) in [5.74, 6) is -1.66. The van der Waals surface area contributed by atoms with E-state index in [9.17, 15) is 14.7 Å². The minimum atomic E-state index is -0.865. The van der Waals surface area contributed by atoms with E-state index in [0.717, 1.165) is 0 Å². The quantitative estimate of drug-likeness (QED) is 0.881. The van der Waals surface area contributed by atoms with Crippen molar-refractivity contribution in [3.05, 3.63) is 46.7 Å². The van der Waals surface area contributed by atoms with Gasteiger partial charge in [-0.1, -0.05) is 22.9 Å². The molecule has 3 atom stereocenters. The van der Waals surface area contributed by atoms with E-state index in [0.29, 0.717) is 29.0 Å². The minimum Gasteiger partial charge on any atom is -0.481 e. The van der Waals surface area contributed by atoms with Crippen molar-refractivity contribution >= 4 is 23.5 Å². The Labute approximate surface area is 143 Å². The predicted molar refractivity (Wildman–Crippen MR) is 86.9 cm³/mol. The third-order valence-corrected chi connectivity index (χ3v) is 4.90. The molecule has 8 heteroatoms. The zero-order valence-electron chi connectivity index (χ0n) is 13.0. The van der Waals surface area contributed by atoms with Crippen LogP contribution in [0.2, 0.25) is 5.02 Å². The summed E-state index contributed by atoms with van der Waals surface area (Å²) < 4.78 is 1.61. The molecule has 1 aromatic heterocycles. The fraction of sp³-hybridized carbons (Fsp3) is 0.375. The molecule has 0 aliphatic heterocycles. The van der Waals surface area contributed by atoms with Crippen LogP contribution in [0.15, 0.2) is 30.6 Å². The number of nitrogens with one attached hydrogen (secondary N) is 1. The number of carbonyl (C=O) groups is 2. The Morgan fingerprint density at radius 3 is 2.83 bits per heavy atom. The molecule has 0 saturated heterocycles. The lowest BCUT2D eigenvalue weighted by Gasteiger charge is -2.21. The van der Waals surface area contributed by atoms with Crippen LogP contribution < -0.4 is 5.32 Å². The maximum Gasteiger partial charge on any atom is 0.306 e. The molecule has 1 aromatic carbocycles. The molecule has 0 spiro atoms. The molecule has 126 valence electrons. The molecule has 2 N–H and O–H groups in total. The number of rotatable bonds is 4. The van der Waals surface area contributed by atoms with E-state index >= 15 is 0 Å². The summed E-state index contributed by atoms with van der Waals surface area (Å²) in [7, 11) is 0. The van der Waals surface area contributed by atoms with E-state index in [4.69, 9.17) is 11.6 Å². The fourth-order valence-corrected chi connectivity index (χ4v) is 3.33. The van der Waals surface area contributed by atoms with Crippen molar-refractivity contribution in [3.63, 3.8) is 0 Å².